The van der Waals surface area contributed by atoms with Gasteiger partial charge in [0.25, 0.3) is 5.91 Å². The second-order valence-electron chi connectivity index (χ2n) is 8.39. The predicted molar refractivity (Wildman–Crippen MR) is 144 cm³/mol. The molecule has 3 N–H and O–H groups in total. The summed E-state index contributed by atoms with van der Waals surface area (Å²) in [6.45, 7) is 5.90. The monoisotopic (exact) mass is 499 g/mol. The van der Waals surface area contributed by atoms with Crippen molar-refractivity contribution in [1.82, 2.24) is 9.29 Å². The normalized spacial score (nSPS) is 16.8. The minimum absolute atomic E-state index is 0.0973. The van der Waals surface area contributed by atoms with E-state index in [0.29, 0.717) is 28.3 Å². The smallest absolute Gasteiger partial charge is 0.272 e. The molecule has 0 fully saturated rings. The summed E-state index contributed by atoms with van der Waals surface area (Å²) in [6, 6.07) is 11.8. The Labute approximate surface area is 212 Å². The summed E-state index contributed by atoms with van der Waals surface area (Å²) < 4.78 is 27.4. The quantitative estimate of drug-likeness (QED) is 0.397. The SMILES string of the molecule is C=Cc1cc(CC2C=Cc3c(cn(C)c3C(=O)Nc3ccc(F)c(C#N)c3)S(=N)N2)ccc1/C=C\C. The first-order chi connectivity index (χ1) is 17.3. The Morgan fingerprint density at radius 1 is 1.33 bits per heavy atom. The molecule has 8 heteroatoms. The van der Waals surface area contributed by atoms with Crippen molar-refractivity contribution in [3.8, 4) is 6.07 Å². The number of nitrogens with zero attached hydrogens (tertiary/aromatic N) is 2. The highest BCUT2D eigenvalue weighted by atomic mass is 32.2. The zero-order valence-corrected chi connectivity index (χ0v) is 20.8. The number of amides is 1. The van der Waals surface area contributed by atoms with Gasteiger partial charge < -0.3 is 9.88 Å². The van der Waals surface area contributed by atoms with E-state index in [1.807, 2.05) is 37.3 Å². The number of rotatable bonds is 6. The lowest BCUT2D eigenvalue weighted by Crippen LogP contribution is -2.29. The molecule has 0 saturated carbocycles. The zero-order chi connectivity index (χ0) is 25.8. The lowest BCUT2D eigenvalue weighted by atomic mass is 9.99. The number of anilines is 1. The number of allylic oxidation sites excluding steroid dienone is 1. The van der Waals surface area contributed by atoms with Crippen LogP contribution in [-0.2, 0) is 24.3 Å². The highest BCUT2D eigenvalue weighted by Gasteiger charge is 2.24. The highest BCUT2D eigenvalue weighted by Crippen LogP contribution is 2.27. The van der Waals surface area contributed by atoms with E-state index in [1.54, 1.807) is 23.9 Å². The van der Waals surface area contributed by atoms with Crippen LogP contribution in [0.1, 0.15) is 45.2 Å². The molecule has 1 aliphatic rings. The van der Waals surface area contributed by atoms with Crippen LogP contribution in [0.4, 0.5) is 10.1 Å². The molecule has 3 aromatic rings. The third-order valence-electron chi connectivity index (χ3n) is 5.90. The molecule has 0 spiro atoms. The van der Waals surface area contributed by atoms with Crippen molar-refractivity contribution in [2.45, 2.75) is 24.3 Å². The molecule has 0 aliphatic carbocycles. The third kappa shape index (κ3) is 5.13. The molecule has 182 valence electrons. The number of carbonyl (C=O) groups excluding carboxylic acids is 1. The van der Waals surface area contributed by atoms with E-state index >= 15 is 0 Å². The number of hydrogen-bond donors (Lipinski definition) is 3. The van der Waals surface area contributed by atoms with Crippen molar-refractivity contribution < 1.29 is 9.18 Å². The van der Waals surface area contributed by atoms with Gasteiger partial charge in [-0.05, 0) is 59.1 Å². The Balaban J connectivity index is 1.59. The van der Waals surface area contributed by atoms with Gasteiger partial charge in [-0.15, -0.1) is 0 Å². The largest absolute Gasteiger partial charge is 0.345 e. The molecule has 1 aromatic heterocycles. The molecule has 2 atom stereocenters. The molecule has 0 radical (unpaired) electrons. The number of aromatic nitrogens is 1. The molecule has 1 amide bonds. The molecular weight excluding hydrogens is 473 g/mol. The van der Waals surface area contributed by atoms with Gasteiger partial charge in [-0.25, -0.2) is 9.11 Å². The maximum atomic E-state index is 13.7. The molecule has 0 saturated heterocycles. The first kappa shape index (κ1) is 25.0. The van der Waals surface area contributed by atoms with Gasteiger partial charge in [0.05, 0.1) is 10.5 Å². The average molecular weight is 500 g/mol. The molecule has 2 unspecified atom stereocenters. The molecule has 36 heavy (non-hydrogen) atoms. The Hall–Kier alpha value is -4.06. The summed E-state index contributed by atoms with van der Waals surface area (Å²) in [5.74, 6) is -1.04. The Morgan fingerprint density at radius 2 is 2.14 bits per heavy atom. The highest BCUT2D eigenvalue weighted by molar-refractivity contribution is 7.84. The van der Waals surface area contributed by atoms with Gasteiger partial charge >= 0.3 is 0 Å². The van der Waals surface area contributed by atoms with E-state index < -0.39 is 22.6 Å². The van der Waals surface area contributed by atoms with Crippen molar-refractivity contribution in [1.29, 1.82) is 10.0 Å². The fraction of sp³-hybridized carbons (Fsp3) is 0.143. The van der Waals surface area contributed by atoms with Gasteiger partial charge in [0.1, 0.15) is 17.6 Å². The number of nitriles is 1. The summed E-state index contributed by atoms with van der Waals surface area (Å²) in [4.78, 5) is 13.9. The van der Waals surface area contributed by atoms with Gasteiger partial charge in [0.2, 0.25) is 0 Å². The summed E-state index contributed by atoms with van der Waals surface area (Å²) in [7, 11) is 0.702. The first-order valence-corrected chi connectivity index (χ1v) is 12.5. The van der Waals surface area contributed by atoms with Crippen molar-refractivity contribution >= 4 is 40.7 Å². The Kier molecular flexibility index (Phi) is 7.44. The van der Waals surface area contributed by atoms with Crippen LogP contribution in [0, 0.1) is 21.9 Å². The Morgan fingerprint density at radius 3 is 2.86 bits per heavy atom. The van der Waals surface area contributed by atoms with Crippen LogP contribution >= 0.6 is 0 Å². The molecule has 0 bridgehead atoms. The van der Waals surface area contributed by atoms with Crippen LogP contribution in [0.3, 0.4) is 0 Å². The minimum atomic E-state index is -1.05. The lowest BCUT2D eigenvalue weighted by Gasteiger charge is -2.15. The van der Waals surface area contributed by atoms with E-state index in [4.69, 9.17) is 10.0 Å². The summed E-state index contributed by atoms with van der Waals surface area (Å²) in [6.07, 6.45) is 12.2. The predicted octanol–water partition coefficient (Wildman–Crippen LogP) is 5.85. The standard InChI is InChI=1S/C28H26FN5OS/c1-4-6-20-8-7-18(13-19(20)5-2)14-23-9-11-24-26(36(31)33-23)17-34(3)27(24)28(35)32-22-10-12-25(29)21(15-22)16-30/h4-13,15,17,23H,2,14H2,1,3H3,(H2,31,33)(H,32,35)/b6-4-. The van der Waals surface area contributed by atoms with Crippen molar-refractivity contribution in [2.24, 2.45) is 7.05 Å². The molecule has 2 heterocycles. The number of benzene rings is 2. The van der Waals surface area contributed by atoms with Gasteiger partial charge in [-0.1, -0.05) is 55.2 Å². The second kappa shape index (κ2) is 10.7. The van der Waals surface area contributed by atoms with Crippen LogP contribution in [0.2, 0.25) is 0 Å². The second-order valence-corrected chi connectivity index (χ2v) is 9.68. The van der Waals surface area contributed by atoms with Crippen LogP contribution in [0.15, 0.2) is 66.2 Å². The summed E-state index contributed by atoms with van der Waals surface area (Å²) in [5.41, 5.74) is 4.51. The number of hydrogen-bond acceptors (Lipinski definition) is 3. The topological polar surface area (TPSA) is 93.7 Å². The molecule has 1 aliphatic heterocycles. The number of fused-ring (bicyclic) bond motifs is 1. The van der Waals surface area contributed by atoms with Gasteiger partial charge in [0.15, 0.2) is 0 Å². The van der Waals surface area contributed by atoms with E-state index in [-0.39, 0.29) is 11.6 Å². The van der Waals surface area contributed by atoms with Crippen molar-refractivity contribution in [2.75, 3.05) is 5.32 Å². The summed E-state index contributed by atoms with van der Waals surface area (Å²) >= 11 is 0. The number of halogens is 1. The Bertz CT molecular complexity index is 1480. The number of carbonyl (C=O) groups is 1. The van der Waals surface area contributed by atoms with E-state index in [2.05, 4.69) is 34.8 Å². The molecular formula is C28H26FN5OS. The molecule has 4 rings (SSSR count). The maximum absolute atomic E-state index is 13.7. The number of nitrogens with one attached hydrogen (secondary N) is 3. The fourth-order valence-electron chi connectivity index (χ4n) is 4.19. The van der Waals surface area contributed by atoms with Crippen LogP contribution in [-0.4, -0.2) is 16.5 Å². The van der Waals surface area contributed by atoms with E-state index in [9.17, 15) is 9.18 Å². The van der Waals surface area contributed by atoms with Crippen molar-refractivity contribution in [3.05, 3.63) is 101 Å². The maximum Gasteiger partial charge on any atom is 0.272 e. The van der Waals surface area contributed by atoms with Crippen molar-refractivity contribution in [3.63, 3.8) is 0 Å². The molecule has 6 nitrogen and oxygen atoms in total. The lowest BCUT2D eigenvalue weighted by molar-refractivity contribution is 0.101. The van der Waals surface area contributed by atoms with Crippen LogP contribution in [0.5, 0.6) is 0 Å². The minimum Gasteiger partial charge on any atom is -0.345 e. The average Bonchev–Trinajstić information content (AvgIpc) is 3.13. The fourth-order valence-corrected chi connectivity index (χ4v) is 5.43. The van der Waals surface area contributed by atoms with Gasteiger partial charge in [-0.3, -0.25) is 9.57 Å². The van der Waals surface area contributed by atoms with E-state index in [1.165, 1.54) is 12.1 Å². The number of aryl methyl sites for hydroxylation is 1. The van der Waals surface area contributed by atoms with Crippen LogP contribution in [0.25, 0.3) is 18.2 Å². The molecule has 2 aromatic carbocycles. The van der Waals surface area contributed by atoms with Crippen LogP contribution < -0.4 is 10.0 Å². The zero-order valence-electron chi connectivity index (χ0n) is 20.0. The van der Waals surface area contributed by atoms with Gasteiger partial charge in [0, 0.05) is 30.5 Å². The first-order valence-electron chi connectivity index (χ1n) is 11.3. The third-order valence-corrected chi connectivity index (χ3v) is 7.20. The summed E-state index contributed by atoms with van der Waals surface area (Å²) in [5, 5.41) is 11.8. The van der Waals surface area contributed by atoms with E-state index in [0.717, 1.165) is 22.8 Å². The van der Waals surface area contributed by atoms with Gasteiger partial charge in [-0.2, -0.15) is 5.26 Å².